The number of carbonyl (C=O) groups is 1. The Balaban J connectivity index is 1.52. The van der Waals surface area contributed by atoms with Crippen LogP contribution in [-0.2, 0) is 14.8 Å². The van der Waals surface area contributed by atoms with Gasteiger partial charge >= 0.3 is 0 Å². The zero-order chi connectivity index (χ0) is 17.9. The lowest BCUT2D eigenvalue weighted by Crippen LogP contribution is -2.45. The normalized spacial score (nSPS) is 19.1. The molecule has 1 N–H and O–H groups in total. The quantitative estimate of drug-likeness (QED) is 0.804. The number of hydrogen-bond donors (Lipinski definition) is 1. The second-order valence-electron chi connectivity index (χ2n) is 6.18. The highest BCUT2D eigenvalue weighted by atomic mass is 32.2. The molecule has 0 radical (unpaired) electrons. The van der Waals surface area contributed by atoms with Gasteiger partial charge < -0.3 is 14.8 Å². The van der Waals surface area contributed by atoms with Crippen molar-refractivity contribution in [2.24, 2.45) is 0 Å². The first-order chi connectivity index (χ1) is 11.9. The van der Waals surface area contributed by atoms with E-state index in [4.69, 9.17) is 9.47 Å². The van der Waals surface area contributed by atoms with E-state index in [-0.39, 0.29) is 11.9 Å². The van der Waals surface area contributed by atoms with E-state index >= 15 is 0 Å². The number of rotatable bonds is 4. The van der Waals surface area contributed by atoms with Crippen LogP contribution >= 0.6 is 0 Å². The Morgan fingerprint density at radius 3 is 2.56 bits per heavy atom. The van der Waals surface area contributed by atoms with Gasteiger partial charge in [-0.1, -0.05) is 6.07 Å². The van der Waals surface area contributed by atoms with E-state index in [9.17, 15) is 13.2 Å². The van der Waals surface area contributed by atoms with Crippen molar-refractivity contribution in [3.63, 3.8) is 0 Å². The van der Waals surface area contributed by atoms with Crippen LogP contribution < -0.4 is 14.8 Å². The molecule has 1 amide bonds. The topological polar surface area (TPSA) is 84.9 Å². The zero-order valence-corrected chi connectivity index (χ0v) is 14.9. The third kappa shape index (κ3) is 4.73. The maximum absolute atomic E-state index is 12.1. The second-order valence-corrected chi connectivity index (χ2v) is 8.16. The fourth-order valence-corrected chi connectivity index (χ4v) is 3.79. The maximum atomic E-state index is 12.1. The summed E-state index contributed by atoms with van der Waals surface area (Å²) in [5.74, 6) is 1.21. The van der Waals surface area contributed by atoms with Gasteiger partial charge in [0.2, 0.25) is 15.9 Å². The number of amides is 1. The van der Waals surface area contributed by atoms with Crippen LogP contribution in [-0.4, -0.2) is 57.2 Å². The SMILES string of the molecule is CS(=O)(=O)N1CCC(NC(=O)C=Cc2ccc3c(c2)OCCO3)CC1. The molecule has 2 aliphatic rings. The number of fused-ring (bicyclic) bond motifs is 1. The largest absolute Gasteiger partial charge is 0.486 e. The van der Waals surface area contributed by atoms with E-state index in [2.05, 4.69) is 5.32 Å². The van der Waals surface area contributed by atoms with Crippen molar-refractivity contribution < 1.29 is 22.7 Å². The number of sulfonamides is 1. The first kappa shape index (κ1) is 17.8. The Hall–Kier alpha value is -2.06. The Morgan fingerprint density at radius 1 is 1.20 bits per heavy atom. The highest BCUT2D eigenvalue weighted by Gasteiger charge is 2.25. The first-order valence-electron chi connectivity index (χ1n) is 8.25. The summed E-state index contributed by atoms with van der Waals surface area (Å²) in [6, 6.07) is 5.52. The summed E-state index contributed by atoms with van der Waals surface area (Å²) in [6.07, 6.45) is 5.66. The smallest absolute Gasteiger partial charge is 0.244 e. The Morgan fingerprint density at radius 2 is 1.88 bits per heavy atom. The number of benzene rings is 1. The van der Waals surface area contributed by atoms with Crippen molar-refractivity contribution in [1.82, 2.24) is 9.62 Å². The molecule has 1 saturated heterocycles. The highest BCUT2D eigenvalue weighted by molar-refractivity contribution is 7.88. The van der Waals surface area contributed by atoms with Gasteiger partial charge in [0.1, 0.15) is 13.2 Å². The standard InChI is InChI=1S/C17H22N2O5S/c1-25(21,22)19-8-6-14(7-9-19)18-17(20)5-3-13-2-4-15-16(12-13)24-11-10-23-15/h2-5,12,14H,6-11H2,1H3,(H,18,20). The van der Waals surface area contributed by atoms with Gasteiger partial charge in [0.15, 0.2) is 11.5 Å². The van der Waals surface area contributed by atoms with Crippen LogP contribution in [0.1, 0.15) is 18.4 Å². The predicted molar refractivity (Wildman–Crippen MR) is 94.0 cm³/mol. The monoisotopic (exact) mass is 366 g/mol. The highest BCUT2D eigenvalue weighted by Crippen LogP contribution is 2.31. The molecule has 1 aromatic carbocycles. The van der Waals surface area contributed by atoms with Gasteiger partial charge in [0.05, 0.1) is 6.26 Å². The number of nitrogens with zero attached hydrogens (tertiary/aromatic N) is 1. The van der Waals surface area contributed by atoms with E-state index in [1.807, 2.05) is 18.2 Å². The Labute approximate surface area is 147 Å². The van der Waals surface area contributed by atoms with Crippen LogP contribution in [0.15, 0.2) is 24.3 Å². The molecule has 2 aliphatic heterocycles. The molecule has 0 saturated carbocycles. The lowest BCUT2D eigenvalue weighted by molar-refractivity contribution is -0.117. The summed E-state index contributed by atoms with van der Waals surface area (Å²) >= 11 is 0. The summed E-state index contributed by atoms with van der Waals surface area (Å²) < 4.78 is 35.4. The fraction of sp³-hybridized carbons (Fsp3) is 0.471. The molecule has 0 unspecified atom stereocenters. The van der Waals surface area contributed by atoms with E-state index in [1.165, 1.54) is 16.6 Å². The molecule has 3 rings (SSSR count). The van der Waals surface area contributed by atoms with Crippen LogP contribution in [0.5, 0.6) is 11.5 Å². The van der Waals surface area contributed by atoms with Gasteiger partial charge in [0, 0.05) is 25.2 Å². The fourth-order valence-electron chi connectivity index (χ4n) is 2.92. The van der Waals surface area contributed by atoms with Gasteiger partial charge in [0.25, 0.3) is 0 Å². The van der Waals surface area contributed by atoms with Crippen molar-refractivity contribution in [3.05, 3.63) is 29.8 Å². The molecule has 1 aromatic rings. The first-order valence-corrected chi connectivity index (χ1v) is 10.1. The minimum absolute atomic E-state index is 0.00424. The molecular formula is C17H22N2O5S. The van der Waals surface area contributed by atoms with E-state index in [1.54, 1.807) is 6.08 Å². The van der Waals surface area contributed by atoms with Gasteiger partial charge in [-0.15, -0.1) is 0 Å². The third-order valence-electron chi connectivity index (χ3n) is 4.26. The maximum Gasteiger partial charge on any atom is 0.244 e. The van der Waals surface area contributed by atoms with Crippen molar-refractivity contribution >= 4 is 22.0 Å². The van der Waals surface area contributed by atoms with Gasteiger partial charge in [-0.05, 0) is 36.6 Å². The van der Waals surface area contributed by atoms with Crippen LogP contribution in [0.3, 0.4) is 0 Å². The number of hydrogen-bond acceptors (Lipinski definition) is 5. The minimum Gasteiger partial charge on any atom is -0.486 e. The van der Waals surface area contributed by atoms with Crippen molar-refractivity contribution in [2.45, 2.75) is 18.9 Å². The van der Waals surface area contributed by atoms with Crippen LogP contribution in [0, 0.1) is 0 Å². The number of piperidine rings is 1. The lowest BCUT2D eigenvalue weighted by Gasteiger charge is -2.30. The molecule has 0 bridgehead atoms. The molecule has 1 fully saturated rings. The van der Waals surface area contributed by atoms with Gasteiger partial charge in [-0.25, -0.2) is 12.7 Å². The van der Waals surface area contributed by atoms with Gasteiger partial charge in [-0.2, -0.15) is 0 Å². The average Bonchev–Trinajstić information content (AvgIpc) is 2.59. The third-order valence-corrected chi connectivity index (χ3v) is 5.57. The summed E-state index contributed by atoms with van der Waals surface area (Å²) in [6.45, 7) is 1.95. The average molecular weight is 366 g/mol. The molecule has 0 aliphatic carbocycles. The number of nitrogens with one attached hydrogen (secondary N) is 1. The van der Waals surface area contributed by atoms with Crippen LogP contribution in [0.4, 0.5) is 0 Å². The predicted octanol–water partition coefficient (Wildman–Crippen LogP) is 1.01. The molecule has 7 nitrogen and oxygen atoms in total. The van der Waals surface area contributed by atoms with E-state index in [0.29, 0.717) is 50.6 Å². The Bertz CT molecular complexity index is 767. The molecule has 136 valence electrons. The molecule has 2 heterocycles. The lowest BCUT2D eigenvalue weighted by atomic mass is 10.1. The van der Waals surface area contributed by atoms with Crippen molar-refractivity contribution in [3.8, 4) is 11.5 Å². The van der Waals surface area contributed by atoms with Gasteiger partial charge in [-0.3, -0.25) is 4.79 Å². The molecule has 25 heavy (non-hydrogen) atoms. The Kier molecular flexibility index (Phi) is 5.29. The molecule has 0 spiro atoms. The molecular weight excluding hydrogens is 344 g/mol. The molecule has 0 aromatic heterocycles. The molecule has 8 heteroatoms. The van der Waals surface area contributed by atoms with Crippen LogP contribution in [0.2, 0.25) is 0 Å². The number of ether oxygens (including phenoxy) is 2. The molecule has 0 atom stereocenters. The zero-order valence-electron chi connectivity index (χ0n) is 14.1. The summed E-state index contributed by atoms with van der Waals surface area (Å²) in [7, 11) is -3.15. The van der Waals surface area contributed by atoms with E-state index in [0.717, 1.165) is 5.56 Å². The summed E-state index contributed by atoms with van der Waals surface area (Å²) in [5, 5.41) is 2.92. The van der Waals surface area contributed by atoms with Crippen molar-refractivity contribution in [2.75, 3.05) is 32.6 Å². The van der Waals surface area contributed by atoms with E-state index < -0.39 is 10.0 Å². The minimum atomic E-state index is -3.15. The van der Waals surface area contributed by atoms with Crippen LogP contribution in [0.25, 0.3) is 6.08 Å². The second kappa shape index (κ2) is 7.45. The summed E-state index contributed by atoms with van der Waals surface area (Å²) in [5.41, 5.74) is 0.853. The van der Waals surface area contributed by atoms with Crippen molar-refractivity contribution in [1.29, 1.82) is 0 Å². The number of carbonyl (C=O) groups excluding carboxylic acids is 1. The summed E-state index contributed by atoms with van der Waals surface area (Å²) in [4.78, 5) is 12.1.